The quantitative estimate of drug-likeness (QED) is 0.427. The fourth-order valence-electron chi connectivity index (χ4n) is 2.78. The summed E-state index contributed by atoms with van der Waals surface area (Å²) in [5.74, 6) is 2.24. The number of carbonyl (C=O) groups is 1. The highest BCUT2D eigenvalue weighted by Crippen LogP contribution is 2.31. The van der Waals surface area contributed by atoms with Crippen molar-refractivity contribution in [3.05, 3.63) is 72.5 Å². The zero-order chi connectivity index (χ0) is 19.2. The molecule has 0 unspecified atom stereocenters. The molecule has 0 saturated carbocycles. The summed E-state index contributed by atoms with van der Waals surface area (Å²) >= 11 is 1.59. The summed E-state index contributed by atoms with van der Waals surface area (Å²) in [6.45, 7) is 0.878. The molecule has 0 aliphatic carbocycles. The van der Waals surface area contributed by atoms with Crippen LogP contribution in [0.3, 0.4) is 0 Å². The number of hydrogen-bond acceptors (Lipinski definition) is 5. The van der Waals surface area contributed by atoms with Gasteiger partial charge in [0.15, 0.2) is 10.8 Å². The zero-order valence-corrected chi connectivity index (χ0v) is 16.1. The molecule has 2 aromatic carbocycles. The van der Waals surface area contributed by atoms with Crippen molar-refractivity contribution >= 4 is 27.5 Å². The van der Waals surface area contributed by atoms with E-state index in [2.05, 4.69) is 10.3 Å². The molecular weight excluding hydrogens is 372 g/mol. The molecule has 0 atom stereocenters. The molecule has 0 spiro atoms. The first-order valence-electron chi connectivity index (χ1n) is 9.17. The van der Waals surface area contributed by atoms with Crippen molar-refractivity contribution in [2.75, 3.05) is 6.61 Å². The van der Waals surface area contributed by atoms with Crippen LogP contribution in [0.25, 0.3) is 21.0 Å². The van der Waals surface area contributed by atoms with Crippen molar-refractivity contribution in [2.45, 2.75) is 19.4 Å². The zero-order valence-electron chi connectivity index (χ0n) is 15.3. The number of benzene rings is 2. The first kappa shape index (κ1) is 18.3. The average Bonchev–Trinajstić information content (AvgIpc) is 3.37. The van der Waals surface area contributed by atoms with Crippen LogP contribution in [0, 0.1) is 0 Å². The van der Waals surface area contributed by atoms with Crippen molar-refractivity contribution in [1.82, 2.24) is 10.3 Å². The van der Waals surface area contributed by atoms with Gasteiger partial charge in [-0.05, 0) is 42.8 Å². The number of hydrogen-bond donors (Lipinski definition) is 1. The molecule has 28 heavy (non-hydrogen) atoms. The van der Waals surface area contributed by atoms with E-state index in [4.69, 9.17) is 9.15 Å². The number of rotatable bonds is 8. The van der Waals surface area contributed by atoms with Gasteiger partial charge in [0.2, 0.25) is 5.91 Å². The van der Waals surface area contributed by atoms with Crippen molar-refractivity contribution < 1.29 is 13.9 Å². The standard InChI is InChI=1S/C22H20N2O3S/c25-21(11-6-14-26-16-7-2-1-3-8-16)23-15-17-12-13-19(27-17)22-24-18-9-4-5-10-20(18)28-22/h1-5,7-10,12-13H,6,11,14-15H2,(H,23,25). The van der Waals surface area contributed by atoms with Crippen LogP contribution in [0.5, 0.6) is 5.75 Å². The molecule has 1 N–H and O–H groups in total. The number of fused-ring (bicyclic) bond motifs is 1. The van der Waals surface area contributed by atoms with Gasteiger partial charge in [-0.2, -0.15) is 0 Å². The third-order valence-electron chi connectivity index (χ3n) is 4.19. The largest absolute Gasteiger partial charge is 0.494 e. The Morgan fingerprint density at radius 1 is 1.04 bits per heavy atom. The number of nitrogens with one attached hydrogen (secondary N) is 1. The van der Waals surface area contributed by atoms with Crippen LogP contribution in [0.4, 0.5) is 0 Å². The fraction of sp³-hybridized carbons (Fsp3) is 0.182. The molecule has 0 bridgehead atoms. The number of aromatic nitrogens is 1. The van der Waals surface area contributed by atoms with Crippen molar-refractivity contribution in [3.63, 3.8) is 0 Å². The molecule has 0 aliphatic rings. The minimum absolute atomic E-state index is 0.0189. The van der Waals surface area contributed by atoms with E-state index in [-0.39, 0.29) is 5.91 Å². The Hall–Kier alpha value is -3.12. The fourth-order valence-corrected chi connectivity index (χ4v) is 3.71. The maximum atomic E-state index is 12.0. The molecule has 2 aromatic heterocycles. The summed E-state index contributed by atoms with van der Waals surface area (Å²) < 4.78 is 12.6. The highest BCUT2D eigenvalue weighted by Gasteiger charge is 2.11. The first-order valence-corrected chi connectivity index (χ1v) is 9.99. The van der Waals surface area contributed by atoms with E-state index in [1.807, 2.05) is 66.7 Å². The molecule has 0 saturated heterocycles. The Kier molecular flexibility index (Phi) is 5.68. The van der Waals surface area contributed by atoms with Crippen LogP contribution >= 0.6 is 11.3 Å². The molecular formula is C22H20N2O3S. The van der Waals surface area contributed by atoms with Crippen molar-refractivity contribution in [1.29, 1.82) is 0 Å². The van der Waals surface area contributed by atoms with Gasteiger partial charge in [0.1, 0.15) is 11.5 Å². The van der Waals surface area contributed by atoms with Crippen LogP contribution in [-0.2, 0) is 11.3 Å². The van der Waals surface area contributed by atoms with Gasteiger partial charge in [0, 0.05) is 6.42 Å². The summed E-state index contributed by atoms with van der Waals surface area (Å²) in [5, 5.41) is 3.73. The molecule has 6 heteroatoms. The van der Waals surface area contributed by atoms with Crippen molar-refractivity contribution in [2.24, 2.45) is 0 Å². The van der Waals surface area contributed by atoms with Gasteiger partial charge in [-0.3, -0.25) is 4.79 Å². The van der Waals surface area contributed by atoms with E-state index in [0.717, 1.165) is 26.7 Å². The van der Waals surface area contributed by atoms with Crippen LogP contribution in [-0.4, -0.2) is 17.5 Å². The van der Waals surface area contributed by atoms with E-state index < -0.39 is 0 Å². The molecule has 2 heterocycles. The molecule has 0 aliphatic heterocycles. The van der Waals surface area contributed by atoms with Gasteiger partial charge in [0.05, 0.1) is 23.4 Å². The van der Waals surface area contributed by atoms with Gasteiger partial charge < -0.3 is 14.5 Å². The van der Waals surface area contributed by atoms with E-state index in [1.54, 1.807) is 11.3 Å². The molecule has 5 nitrogen and oxygen atoms in total. The lowest BCUT2D eigenvalue weighted by Gasteiger charge is -2.06. The average molecular weight is 392 g/mol. The second kappa shape index (κ2) is 8.71. The van der Waals surface area contributed by atoms with Gasteiger partial charge in [0.25, 0.3) is 0 Å². The second-order valence-corrected chi connectivity index (χ2v) is 7.33. The summed E-state index contributed by atoms with van der Waals surface area (Å²) in [6, 6.07) is 21.4. The molecule has 4 rings (SSSR count). The number of para-hydroxylation sites is 2. The highest BCUT2D eigenvalue weighted by atomic mass is 32.1. The van der Waals surface area contributed by atoms with Gasteiger partial charge in [-0.1, -0.05) is 30.3 Å². The Morgan fingerprint density at radius 3 is 2.71 bits per heavy atom. The molecule has 1 amide bonds. The number of nitrogens with zero attached hydrogens (tertiary/aromatic N) is 1. The van der Waals surface area contributed by atoms with Crippen LogP contribution in [0.2, 0.25) is 0 Å². The third kappa shape index (κ3) is 4.58. The topological polar surface area (TPSA) is 64.4 Å². The number of thiazole rings is 1. The minimum Gasteiger partial charge on any atom is -0.494 e. The summed E-state index contributed by atoms with van der Waals surface area (Å²) in [6.07, 6.45) is 1.08. The van der Waals surface area contributed by atoms with Crippen LogP contribution in [0.15, 0.2) is 71.1 Å². The lowest BCUT2D eigenvalue weighted by molar-refractivity contribution is -0.121. The first-order chi connectivity index (χ1) is 13.8. The molecule has 0 radical (unpaired) electrons. The Labute approximate surface area is 167 Å². The predicted molar refractivity (Wildman–Crippen MR) is 110 cm³/mol. The van der Waals surface area contributed by atoms with Crippen LogP contribution in [0.1, 0.15) is 18.6 Å². The minimum atomic E-state index is -0.0189. The number of amides is 1. The Balaban J connectivity index is 1.23. The number of carbonyl (C=O) groups excluding carboxylic acids is 1. The van der Waals surface area contributed by atoms with Crippen LogP contribution < -0.4 is 10.1 Å². The number of ether oxygens (including phenoxy) is 1. The van der Waals surface area contributed by atoms with E-state index in [9.17, 15) is 4.79 Å². The SMILES string of the molecule is O=C(CCCOc1ccccc1)NCc1ccc(-c2nc3ccccc3s2)o1. The number of furan rings is 1. The van der Waals surface area contributed by atoms with E-state index >= 15 is 0 Å². The lowest BCUT2D eigenvalue weighted by Crippen LogP contribution is -2.22. The third-order valence-corrected chi connectivity index (χ3v) is 5.24. The summed E-state index contributed by atoms with van der Waals surface area (Å²) in [4.78, 5) is 16.6. The Bertz CT molecular complexity index is 1020. The van der Waals surface area contributed by atoms with E-state index in [0.29, 0.717) is 31.8 Å². The monoisotopic (exact) mass is 392 g/mol. The van der Waals surface area contributed by atoms with Crippen molar-refractivity contribution in [3.8, 4) is 16.5 Å². The van der Waals surface area contributed by atoms with Gasteiger partial charge in [-0.25, -0.2) is 4.98 Å². The lowest BCUT2D eigenvalue weighted by atomic mass is 10.3. The normalized spacial score (nSPS) is 10.9. The molecule has 142 valence electrons. The van der Waals surface area contributed by atoms with Gasteiger partial charge in [-0.15, -0.1) is 11.3 Å². The van der Waals surface area contributed by atoms with E-state index in [1.165, 1.54) is 0 Å². The Morgan fingerprint density at radius 2 is 1.86 bits per heavy atom. The predicted octanol–water partition coefficient (Wildman–Crippen LogP) is 5.03. The molecule has 0 fully saturated rings. The smallest absolute Gasteiger partial charge is 0.220 e. The molecule has 4 aromatic rings. The maximum Gasteiger partial charge on any atom is 0.220 e. The highest BCUT2D eigenvalue weighted by molar-refractivity contribution is 7.21. The maximum absolute atomic E-state index is 12.0. The second-order valence-electron chi connectivity index (χ2n) is 6.29. The summed E-state index contributed by atoms with van der Waals surface area (Å²) in [7, 11) is 0. The van der Waals surface area contributed by atoms with Gasteiger partial charge >= 0.3 is 0 Å². The summed E-state index contributed by atoms with van der Waals surface area (Å²) in [5.41, 5.74) is 0.964.